The molecule has 1 heterocycles. The van der Waals surface area contributed by atoms with Crippen molar-refractivity contribution in [2.45, 2.75) is 18.9 Å². The highest BCUT2D eigenvalue weighted by molar-refractivity contribution is 5.83. The zero-order valence-corrected chi connectivity index (χ0v) is 13.7. The van der Waals surface area contributed by atoms with Crippen LogP contribution < -0.4 is 0 Å². The molecule has 4 atom stereocenters. The van der Waals surface area contributed by atoms with Crippen molar-refractivity contribution in [2.24, 2.45) is 17.3 Å². The minimum Gasteiger partial charge on any atom is -0.396 e. The summed E-state index contributed by atoms with van der Waals surface area (Å²) in [6.45, 7) is 0.959. The summed E-state index contributed by atoms with van der Waals surface area (Å²) >= 11 is 0. The van der Waals surface area contributed by atoms with E-state index in [4.69, 9.17) is 4.74 Å². The summed E-state index contributed by atoms with van der Waals surface area (Å²) in [5.74, 6) is 0.924. The number of fused-ring (bicyclic) bond motifs is 1. The third-order valence-corrected chi connectivity index (χ3v) is 6.29. The Morgan fingerprint density at radius 1 is 1.00 bits per heavy atom. The molecule has 2 aromatic carbocycles. The minimum atomic E-state index is -0.0439. The van der Waals surface area contributed by atoms with Crippen molar-refractivity contribution in [2.75, 3.05) is 13.2 Å². The standard InChI is InChI=1S/C22H22O2/c23-13-22-12-17-11-18(24-14-22)21(22)20(17)19(15-7-3-1-4-8-15)16-9-5-2-6-10-16/h1-10,17-18,21,23H,11-14H2. The fourth-order valence-corrected chi connectivity index (χ4v) is 5.40. The average Bonchev–Trinajstić information content (AvgIpc) is 3.21. The van der Waals surface area contributed by atoms with Gasteiger partial charge in [-0.25, -0.2) is 0 Å². The van der Waals surface area contributed by atoms with Gasteiger partial charge >= 0.3 is 0 Å². The van der Waals surface area contributed by atoms with Crippen LogP contribution in [-0.4, -0.2) is 24.4 Å². The summed E-state index contributed by atoms with van der Waals surface area (Å²) in [4.78, 5) is 0. The quantitative estimate of drug-likeness (QED) is 0.930. The van der Waals surface area contributed by atoms with Crippen molar-refractivity contribution in [1.82, 2.24) is 0 Å². The lowest BCUT2D eigenvalue weighted by atomic mass is 9.75. The van der Waals surface area contributed by atoms with E-state index < -0.39 is 0 Å². The lowest BCUT2D eigenvalue weighted by Gasteiger charge is -2.28. The van der Waals surface area contributed by atoms with E-state index in [1.54, 1.807) is 0 Å². The molecule has 2 nitrogen and oxygen atoms in total. The Labute approximate surface area is 142 Å². The maximum atomic E-state index is 10.1. The average molecular weight is 318 g/mol. The van der Waals surface area contributed by atoms with E-state index in [0.29, 0.717) is 17.9 Å². The second-order valence-corrected chi connectivity index (χ2v) is 7.55. The van der Waals surface area contributed by atoms with Crippen LogP contribution in [0.1, 0.15) is 24.0 Å². The zero-order valence-electron chi connectivity index (χ0n) is 13.7. The number of ether oxygens (including phenoxy) is 1. The summed E-state index contributed by atoms with van der Waals surface area (Å²) < 4.78 is 6.08. The van der Waals surface area contributed by atoms with Crippen molar-refractivity contribution in [1.29, 1.82) is 0 Å². The summed E-state index contributed by atoms with van der Waals surface area (Å²) in [5.41, 5.74) is 5.42. The van der Waals surface area contributed by atoms with Gasteiger partial charge in [0.2, 0.25) is 0 Å². The van der Waals surface area contributed by atoms with Crippen LogP contribution in [0, 0.1) is 17.3 Å². The molecule has 0 amide bonds. The van der Waals surface area contributed by atoms with E-state index in [1.807, 2.05) is 0 Å². The van der Waals surface area contributed by atoms with Crippen LogP contribution in [0.3, 0.4) is 0 Å². The smallest absolute Gasteiger partial charge is 0.0653 e. The highest BCUT2D eigenvalue weighted by Crippen LogP contribution is 2.65. The third kappa shape index (κ3) is 1.90. The monoisotopic (exact) mass is 318 g/mol. The number of rotatable bonds is 3. The van der Waals surface area contributed by atoms with Crippen molar-refractivity contribution < 1.29 is 9.84 Å². The van der Waals surface area contributed by atoms with Gasteiger partial charge in [0.15, 0.2) is 0 Å². The molecule has 2 aromatic rings. The van der Waals surface area contributed by atoms with Crippen LogP contribution >= 0.6 is 0 Å². The van der Waals surface area contributed by atoms with Gasteiger partial charge in [0.1, 0.15) is 0 Å². The van der Waals surface area contributed by atoms with Gasteiger partial charge < -0.3 is 9.84 Å². The Bertz CT molecular complexity index is 739. The molecule has 2 heteroatoms. The molecular weight excluding hydrogens is 296 g/mol. The van der Waals surface area contributed by atoms with Gasteiger partial charge in [0.25, 0.3) is 0 Å². The normalized spacial score (nSPS) is 33.2. The zero-order chi connectivity index (χ0) is 16.1. The third-order valence-electron chi connectivity index (χ3n) is 6.29. The van der Waals surface area contributed by atoms with E-state index in [-0.39, 0.29) is 12.0 Å². The van der Waals surface area contributed by atoms with Gasteiger partial charge in [-0.05, 0) is 35.5 Å². The van der Waals surface area contributed by atoms with Crippen molar-refractivity contribution in [3.05, 3.63) is 77.4 Å². The van der Waals surface area contributed by atoms with Crippen LogP contribution in [0.5, 0.6) is 0 Å². The maximum absolute atomic E-state index is 10.1. The maximum Gasteiger partial charge on any atom is 0.0653 e. The molecule has 24 heavy (non-hydrogen) atoms. The Balaban J connectivity index is 1.75. The second-order valence-electron chi connectivity index (χ2n) is 7.55. The molecule has 4 unspecified atom stereocenters. The van der Waals surface area contributed by atoms with E-state index in [2.05, 4.69) is 60.7 Å². The lowest BCUT2D eigenvalue weighted by Crippen LogP contribution is -2.33. The Morgan fingerprint density at radius 3 is 2.21 bits per heavy atom. The molecule has 0 spiro atoms. The lowest BCUT2D eigenvalue weighted by molar-refractivity contribution is 0.0850. The predicted molar refractivity (Wildman–Crippen MR) is 94.4 cm³/mol. The molecule has 0 radical (unpaired) electrons. The van der Waals surface area contributed by atoms with E-state index in [0.717, 1.165) is 19.4 Å². The fourth-order valence-electron chi connectivity index (χ4n) is 5.40. The molecule has 1 aliphatic heterocycles. The molecule has 2 bridgehead atoms. The molecule has 2 saturated carbocycles. The van der Waals surface area contributed by atoms with Crippen molar-refractivity contribution in [3.63, 3.8) is 0 Å². The van der Waals surface area contributed by atoms with Gasteiger partial charge in [-0.1, -0.05) is 66.2 Å². The first-order valence-corrected chi connectivity index (χ1v) is 8.90. The van der Waals surface area contributed by atoms with Crippen LogP contribution in [0.25, 0.3) is 5.57 Å². The number of aliphatic hydroxyl groups excluding tert-OH is 1. The Hall–Kier alpha value is -1.90. The highest BCUT2D eigenvalue weighted by atomic mass is 16.5. The van der Waals surface area contributed by atoms with Crippen molar-refractivity contribution >= 4 is 5.57 Å². The number of hydrogen-bond acceptors (Lipinski definition) is 2. The van der Waals surface area contributed by atoms with Crippen LogP contribution in [0.2, 0.25) is 0 Å². The topological polar surface area (TPSA) is 29.5 Å². The molecule has 1 saturated heterocycles. The first-order chi connectivity index (χ1) is 11.8. The summed E-state index contributed by atoms with van der Waals surface area (Å²) in [6, 6.07) is 21.4. The minimum absolute atomic E-state index is 0.0439. The van der Waals surface area contributed by atoms with Crippen LogP contribution in [0.15, 0.2) is 66.2 Å². The van der Waals surface area contributed by atoms with Gasteiger partial charge in [-0.2, -0.15) is 0 Å². The number of aliphatic hydroxyl groups is 1. The van der Waals surface area contributed by atoms with Gasteiger partial charge in [0.05, 0.1) is 19.3 Å². The molecule has 122 valence electrons. The van der Waals surface area contributed by atoms with Gasteiger partial charge in [-0.3, -0.25) is 0 Å². The number of benzene rings is 2. The van der Waals surface area contributed by atoms with E-state index in [9.17, 15) is 5.11 Å². The largest absolute Gasteiger partial charge is 0.396 e. The first kappa shape index (κ1) is 14.4. The predicted octanol–water partition coefficient (Wildman–Crippen LogP) is 3.91. The summed E-state index contributed by atoms with van der Waals surface area (Å²) in [7, 11) is 0. The van der Waals surface area contributed by atoms with Crippen LogP contribution in [0.4, 0.5) is 0 Å². The Kier molecular flexibility index (Phi) is 3.19. The molecule has 2 aliphatic carbocycles. The second kappa shape index (κ2) is 5.30. The summed E-state index contributed by atoms with van der Waals surface area (Å²) in [6.07, 6.45) is 2.49. The fraction of sp³-hybridized carbons (Fsp3) is 0.364. The molecule has 3 aliphatic rings. The molecular formula is C22H22O2. The first-order valence-electron chi connectivity index (χ1n) is 8.90. The van der Waals surface area contributed by atoms with Crippen molar-refractivity contribution in [3.8, 4) is 0 Å². The Morgan fingerprint density at radius 2 is 1.62 bits per heavy atom. The summed E-state index contributed by atoms with van der Waals surface area (Å²) in [5, 5.41) is 10.1. The number of hydrogen-bond donors (Lipinski definition) is 1. The SMILES string of the molecule is OCC12COC3CC(C1)C(=C(c1ccccc1)c1ccccc1)C32. The van der Waals surface area contributed by atoms with Gasteiger partial charge in [0, 0.05) is 11.3 Å². The molecule has 0 aromatic heterocycles. The van der Waals surface area contributed by atoms with E-state index in [1.165, 1.54) is 22.3 Å². The molecule has 1 N–H and O–H groups in total. The molecule has 5 rings (SSSR count). The molecule has 3 fully saturated rings. The van der Waals surface area contributed by atoms with E-state index >= 15 is 0 Å². The van der Waals surface area contributed by atoms with Gasteiger partial charge in [-0.15, -0.1) is 0 Å². The highest BCUT2D eigenvalue weighted by Gasteiger charge is 2.63. The van der Waals surface area contributed by atoms with Crippen LogP contribution in [-0.2, 0) is 4.74 Å².